The van der Waals surface area contributed by atoms with Gasteiger partial charge in [0.1, 0.15) is 11.4 Å². The maximum absolute atomic E-state index is 5.26. The molecule has 0 atom stereocenters. The number of ether oxygens (including phenoxy) is 1. The predicted octanol–water partition coefficient (Wildman–Crippen LogP) is 3.23. The van der Waals surface area contributed by atoms with E-state index in [2.05, 4.69) is 9.98 Å². The summed E-state index contributed by atoms with van der Waals surface area (Å²) in [5.41, 5.74) is 2.76. The van der Waals surface area contributed by atoms with Gasteiger partial charge >= 0.3 is 0 Å². The zero-order chi connectivity index (χ0) is 12.1. The molecule has 1 aromatic carbocycles. The van der Waals surface area contributed by atoms with E-state index < -0.39 is 0 Å². The van der Waals surface area contributed by atoms with Crippen molar-refractivity contribution in [2.45, 2.75) is 6.92 Å². The van der Waals surface area contributed by atoms with Gasteiger partial charge in [-0.15, -0.1) is 0 Å². The molecule has 0 N–H and O–H groups in total. The normalized spacial score (nSPS) is 11.3. The Kier molecular flexibility index (Phi) is 3.50. The number of aliphatic imine (C=N–C) groups is 1. The summed E-state index contributed by atoms with van der Waals surface area (Å²) < 4.78 is 5.26. The lowest BCUT2D eigenvalue weighted by atomic mass is 10.2. The van der Waals surface area contributed by atoms with Crippen LogP contribution in [0.5, 0.6) is 5.75 Å². The molecule has 17 heavy (non-hydrogen) atoms. The van der Waals surface area contributed by atoms with E-state index >= 15 is 0 Å². The topological polar surface area (TPSA) is 34.5 Å². The summed E-state index contributed by atoms with van der Waals surface area (Å²) >= 11 is 0. The number of hydrogen-bond donors (Lipinski definition) is 0. The predicted molar refractivity (Wildman–Crippen MR) is 69.1 cm³/mol. The highest BCUT2D eigenvalue weighted by atomic mass is 16.5. The summed E-state index contributed by atoms with van der Waals surface area (Å²) in [6, 6.07) is 11.6. The van der Waals surface area contributed by atoms with E-state index in [4.69, 9.17) is 4.74 Å². The van der Waals surface area contributed by atoms with E-state index in [-0.39, 0.29) is 0 Å². The number of para-hydroxylation sites is 2. The second-order valence-electron chi connectivity index (χ2n) is 3.61. The van der Waals surface area contributed by atoms with Crippen LogP contribution in [0.2, 0.25) is 0 Å². The maximum atomic E-state index is 5.26. The quantitative estimate of drug-likeness (QED) is 0.753. The lowest BCUT2D eigenvalue weighted by molar-refractivity contribution is 0.416. The van der Waals surface area contributed by atoms with E-state index in [0.29, 0.717) is 0 Å². The molecule has 2 aromatic rings. The summed E-state index contributed by atoms with van der Waals surface area (Å²) in [5, 5.41) is 0. The van der Waals surface area contributed by atoms with Crippen LogP contribution in [0.4, 0.5) is 5.69 Å². The molecule has 0 aliphatic rings. The van der Waals surface area contributed by atoms with Gasteiger partial charge in [0.05, 0.1) is 7.11 Å². The Morgan fingerprint density at radius 2 is 2.00 bits per heavy atom. The van der Waals surface area contributed by atoms with E-state index in [1.54, 1.807) is 19.5 Å². The number of hydrogen-bond acceptors (Lipinski definition) is 3. The average molecular weight is 226 g/mol. The Hall–Kier alpha value is -2.16. The lowest BCUT2D eigenvalue weighted by Crippen LogP contribution is -1.94. The first kappa shape index (κ1) is 11.3. The van der Waals surface area contributed by atoms with Crippen LogP contribution in [0, 0.1) is 0 Å². The van der Waals surface area contributed by atoms with Crippen LogP contribution < -0.4 is 4.74 Å². The molecule has 0 amide bonds. The van der Waals surface area contributed by atoms with Crippen LogP contribution >= 0.6 is 0 Å². The van der Waals surface area contributed by atoms with Crippen molar-refractivity contribution < 1.29 is 4.74 Å². The smallest absolute Gasteiger partial charge is 0.144 e. The third-order valence-electron chi connectivity index (χ3n) is 2.45. The molecule has 1 heterocycles. The zero-order valence-electron chi connectivity index (χ0n) is 9.92. The fourth-order valence-corrected chi connectivity index (χ4v) is 1.54. The second-order valence-corrected chi connectivity index (χ2v) is 3.61. The number of pyridine rings is 1. The third-order valence-corrected chi connectivity index (χ3v) is 2.45. The number of rotatable bonds is 3. The van der Waals surface area contributed by atoms with E-state index in [1.807, 2.05) is 43.3 Å². The van der Waals surface area contributed by atoms with Crippen molar-refractivity contribution in [1.29, 1.82) is 0 Å². The number of nitrogens with zero attached hydrogens (tertiary/aromatic N) is 2. The Bertz CT molecular complexity index is 521. The van der Waals surface area contributed by atoms with Crippen molar-refractivity contribution >= 4 is 11.4 Å². The molecule has 2 rings (SSSR count). The first-order valence-corrected chi connectivity index (χ1v) is 5.40. The van der Waals surface area contributed by atoms with Crippen LogP contribution in [0.25, 0.3) is 0 Å². The van der Waals surface area contributed by atoms with E-state index in [1.165, 1.54) is 0 Å². The molecule has 0 radical (unpaired) electrons. The Morgan fingerprint density at radius 3 is 2.71 bits per heavy atom. The first-order valence-electron chi connectivity index (χ1n) is 5.40. The van der Waals surface area contributed by atoms with Crippen LogP contribution in [-0.4, -0.2) is 17.8 Å². The fourth-order valence-electron chi connectivity index (χ4n) is 1.54. The van der Waals surface area contributed by atoms with Gasteiger partial charge < -0.3 is 4.74 Å². The van der Waals surface area contributed by atoms with Gasteiger partial charge in [-0.1, -0.05) is 18.2 Å². The number of aromatic nitrogens is 1. The summed E-state index contributed by atoms with van der Waals surface area (Å²) in [6.45, 7) is 1.96. The van der Waals surface area contributed by atoms with Crippen molar-refractivity contribution in [1.82, 2.24) is 4.98 Å². The first-order chi connectivity index (χ1) is 8.31. The van der Waals surface area contributed by atoms with Gasteiger partial charge in [-0.25, -0.2) is 4.99 Å². The van der Waals surface area contributed by atoms with Crippen LogP contribution in [0.3, 0.4) is 0 Å². The molecule has 0 fully saturated rings. The second kappa shape index (κ2) is 5.25. The number of benzene rings is 1. The molecule has 1 aromatic heterocycles. The molecule has 0 spiro atoms. The molecule has 3 nitrogen and oxygen atoms in total. The van der Waals surface area contributed by atoms with Crippen LogP contribution in [0.1, 0.15) is 12.5 Å². The van der Waals surface area contributed by atoms with Crippen molar-refractivity contribution in [2.24, 2.45) is 4.99 Å². The molecule has 3 heteroatoms. The highest BCUT2D eigenvalue weighted by molar-refractivity contribution is 6.00. The minimum Gasteiger partial charge on any atom is -0.494 e. The molecule has 0 bridgehead atoms. The van der Waals surface area contributed by atoms with E-state index in [0.717, 1.165) is 22.7 Å². The van der Waals surface area contributed by atoms with Gasteiger partial charge in [-0.05, 0) is 25.1 Å². The highest BCUT2D eigenvalue weighted by Gasteiger charge is 2.01. The van der Waals surface area contributed by atoms with Gasteiger partial charge in [-0.3, -0.25) is 4.98 Å². The maximum Gasteiger partial charge on any atom is 0.144 e. The van der Waals surface area contributed by atoms with Gasteiger partial charge in [0.15, 0.2) is 0 Å². The SMILES string of the molecule is COc1ccccc1/N=C(/C)c1cccnc1. The van der Waals surface area contributed by atoms with E-state index in [9.17, 15) is 0 Å². The van der Waals surface area contributed by atoms with Gasteiger partial charge in [0, 0.05) is 23.7 Å². The summed E-state index contributed by atoms with van der Waals surface area (Å²) in [6.07, 6.45) is 3.55. The third kappa shape index (κ3) is 2.69. The van der Waals surface area contributed by atoms with Crippen LogP contribution in [-0.2, 0) is 0 Å². The van der Waals surface area contributed by atoms with Gasteiger partial charge in [0.25, 0.3) is 0 Å². The van der Waals surface area contributed by atoms with Gasteiger partial charge in [0.2, 0.25) is 0 Å². The minimum atomic E-state index is 0.774. The lowest BCUT2D eigenvalue weighted by Gasteiger charge is -2.05. The van der Waals surface area contributed by atoms with Crippen molar-refractivity contribution in [3.63, 3.8) is 0 Å². The Labute approximate surface area is 101 Å². The monoisotopic (exact) mass is 226 g/mol. The number of methoxy groups -OCH3 is 1. The molecule has 0 saturated carbocycles. The molecule has 0 aliphatic carbocycles. The average Bonchev–Trinajstić information content (AvgIpc) is 2.40. The van der Waals surface area contributed by atoms with Crippen molar-refractivity contribution in [3.05, 3.63) is 54.4 Å². The van der Waals surface area contributed by atoms with Gasteiger partial charge in [-0.2, -0.15) is 0 Å². The van der Waals surface area contributed by atoms with Crippen molar-refractivity contribution in [3.8, 4) is 5.75 Å². The molecular formula is C14H14N2O. The minimum absolute atomic E-state index is 0.774. The molecule has 86 valence electrons. The summed E-state index contributed by atoms with van der Waals surface area (Å²) in [4.78, 5) is 8.63. The Morgan fingerprint density at radius 1 is 1.18 bits per heavy atom. The fraction of sp³-hybridized carbons (Fsp3) is 0.143. The van der Waals surface area contributed by atoms with Crippen molar-refractivity contribution in [2.75, 3.05) is 7.11 Å². The highest BCUT2D eigenvalue weighted by Crippen LogP contribution is 2.26. The molecule has 0 aliphatic heterocycles. The zero-order valence-corrected chi connectivity index (χ0v) is 9.92. The standard InChI is InChI=1S/C14H14N2O/c1-11(12-6-5-9-15-10-12)16-13-7-3-4-8-14(13)17-2/h3-10H,1-2H3/b16-11-. The molecular weight excluding hydrogens is 212 g/mol. The Balaban J connectivity index is 2.36. The summed E-state index contributed by atoms with van der Waals surface area (Å²) in [5.74, 6) is 0.774. The molecule has 0 saturated heterocycles. The summed E-state index contributed by atoms with van der Waals surface area (Å²) in [7, 11) is 1.65. The molecule has 0 unspecified atom stereocenters. The largest absolute Gasteiger partial charge is 0.494 e. The van der Waals surface area contributed by atoms with Crippen LogP contribution in [0.15, 0.2) is 53.8 Å².